The van der Waals surface area contributed by atoms with Crippen LogP contribution in [0.15, 0.2) is 53.9 Å². The van der Waals surface area contributed by atoms with Crippen LogP contribution in [0.25, 0.3) is 11.3 Å². The van der Waals surface area contributed by atoms with Crippen molar-refractivity contribution in [2.75, 3.05) is 24.1 Å². The summed E-state index contributed by atoms with van der Waals surface area (Å²) in [5.74, 6) is 1.24. The second kappa shape index (κ2) is 9.07. The minimum absolute atomic E-state index is 0.145. The molecule has 0 aliphatic carbocycles. The summed E-state index contributed by atoms with van der Waals surface area (Å²) in [5, 5.41) is 5.67. The summed E-state index contributed by atoms with van der Waals surface area (Å²) in [6.45, 7) is 0. The van der Waals surface area contributed by atoms with Crippen LogP contribution in [-0.4, -0.2) is 46.5 Å². The van der Waals surface area contributed by atoms with E-state index in [1.54, 1.807) is 48.0 Å². The average molecular weight is 460 g/mol. The van der Waals surface area contributed by atoms with Gasteiger partial charge in [-0.15, -0.1) is 23.1 Å². The SMILES string of the molecule is COc1ccc(-c2csc(NC(=O)[C@@H]3CSCN3C(=O)c3ccccc3)n2)cc1Cl. The molecule has 2 amide bonds. The summed E-state index contributed by atoms with van der Waals surface area (Å²) < 4.78 is 5.17. The Labute approximate surface area is 187 Å². The maximum Gasteiger partial charge on any atom is 0.255 e. The molecule has 0 spiro atoms. The van der Waals surface area contributed by atoms with Gasteiger partial charge in [0.2, 0.25) is 5.91 Å². The summed E-state index contributed by atoms with van der Waals surface area (Å²) in [4.78, 5) is 31.7. The van der Waals surface area contributed by atoms with Crippen LogP contribution in [0.4, 0.5) is 5.13 Å². The number of rotatable bonds is 5. The van der Waals surface area contributed by atoms with Crippen molar-refractivity contribution in [3.05, 3.63) is 64.5 Å². The fourth-order valence-corrected chi connectivity index (χ4v) is 5.22. The molecular weight excluding hydrogens is 442 g/mol. The summed E-state index contributed by atoms with van der Waals surface area (Å²) in [7, 11) is 1.56. The van der Waals surface area contributed by atoms with Crippen LogP contribution in [0, 0.1) is 0 Å². The van der Waals surface area contributed by atoms with Gasteiger partial charge < -0.3 is 15.0 Å². The number of carbonyl (C=O) groups is 2. The quantitative estimate of drug-likeness (QED) is 0.602. The van der Waals surface area contributed by atoms with Gasteiger partial charge in [-0.1, -0.05) is 29.8 Å². The zero-order valence-corrected chi connectivity index (χ0v) is 18.4. The lowest BCUT2D eigenvalue weighted by Crippen LogP contribution is -2.44. The van der Waals surface area contributed by atoms with Crippen molar-refractivity contribution in [2.24, 2.45) is 0 Å². The van der Waals surface area contributed by atoms with Gasteiger partial charge in [0.25, 0.3) is 5.91 Å². The number of amides is 2. The number of methoxy groups -OCH3 is 1. The smallest absolute Gasteiger partial charge is 0.255 e. The molecule has 154 valence electrons. The van der Waals surface area contributed by atoms with Crippen LogP contribution in [-0.2, 0) is 4.79 Å². The Morgan fingerprint density at radius 1 is 1.23 bits per heavy atom. The maximum absolute atomic E-state index is 12.9. The second-order valence-electron chi connectivity index (χ2n) is 6.53. The first-order chi connectivity index (χ1) is 14.6. The minimum Gasteiger partial charge on any atom is -0.495 e. The molecule has 0 saturated carbocycles. The van der Waals surface area contributed by atoms with Gasteiger partial charge in [-0.05, 0) is 30.3 Å². The molecule has 0 bridgehead atoms. The Kier molecular flexibility index (Phi) is 6.26. The molecule has 30 heavy (non-hydrogen) atoms. The van der Waals surface area contributed by atoms with Crippen molar-refractivity contribution in [3.8, 4) is 17.0 Å². The number of halogens is 1. The third kappa shape index (κ3) is 4.30. The third-order valence-corrected chi connectivity index (χ3v) is 6.71. The normalized spacial score (nSPS) is 15.8. The molecule has 1 fully saturated rings. The van der Waals surface area contributed by atoms with Crippen molar-refractivity contribution in [2.45, 2.75) is 6.04 Å². The molecule has 1 aromatic heterocycles. The van der Waals surface area contributed by atoms with E-state index in [-0.39, 0.29) is 11.8 Å². The van der Waals surface area contributed by atoms with Gasteiger partial charge in [0.1, 0.15) is 11.8 Å². The number of nitrogens with zero attached hydrogens (tertiary/aromatic N) is 2. The molecule has 2 aromatic carbocycles. The van der Waals surface area contributed by atoms with Gasteiger partial charge in [0.15, 0.2) is 5.13 Å². The standard InChI is InChI=1S/C21H18ClN3O3S2/c1-28-18-8-7-14(9-15(18)22)16-10-30-21(23-16)24-19(26)17-11-29-12-25(17)20(27)13-5-3-2-4-6-13/h2-10,17H,11-12H2,1H3,(H,23,24,26)/t17-/m0/s1. The average Bonchev–Trinajstić information content (AvgIpc) is 3.43. The number of ether oxygens (including phenoxy) is 1. The molecule has 0 radical (unpaired) electrons. The number of carbonyl (C=O) groups excluding carboxylic acids is 2. The first kappa shape index (κ1) is 20.7. The molecule has 1 saturated heterocycles. The van der Waals surface area contributed by atoms with E-state index >= 15 is 0 Å². The van der Waals surface area contributed by atoms with Crippen LogP contribution in [0.5, 0.6) is 5.75 Å². The van der Waals surface area contributed by atoms with Crippen molar-refractivity contribution >= 4 is 51.6 Å². The monoisotopic (exact) mass is 459 g/mol. The molecule has 1 N–H and O–H groups in total. The Morgan fingerprint density at radius 3 is 2.77 bits per heavy atom. The highest BCUT2D eigenvalue weighted by Gasteiger charge is 2.35. The Morgan fingerprint density at radius 2 is 2.03 bits per heavy atom. The van der Waals surface area contributed by atoms with E-state index < -0.39 is 6.04 Å². The molecule has 4 rings (SSSR count). The van der Waals surface area contributed by atoms with Crippen LogP contribution in [0.3, 0.4) is 0 Å². The van der Waals surface area contributed by atoms with Gasteiger partial charge in [-0.3, -0.25) is 9.59 Å². The van der Waals surface area contributed by atoms with Crippen LogP contribution in [0.2, 0.25) is 5.02 Å². The lowest BCUT2D eigenvalue weighted by atomic mass is 10.1. The van der Waals surface area contributed by atoms with Gasteiger partial charge >= 0.3 is 0 Å². The minimum atomic E-state index is -0.537. The van der Waals surface area contributed by atoms with Gasteiger partial charge in [-0.2, -0.15) is 0 Å². The predicted octanol–water partition coefficient (Wildman–Crippen LogP) is 4.63. The molecule has 0 unspecified atom stereocenters. The highest BCUT2D eigenvalue weighted by Crippen LogP contribution is 2.32. The molecule has 2 heterocycles. The third-order valence-electron chi connectivity index (χ3n) is 4.65. The lowest BCUT2D eigenvalue weighted by Gasteiger charge is -2.22. The summed E-state index contributed by atoms with van der Waals surface area (Å²) in [5.41, 5.74) is 2.11. The van der Waals surface area contributed by atoms with Gasteiger partial charge in [0, 0.05) is 22.3 Å². The summed E-state index contributed by atoms with van der Waals surface area (Å²) in [6.07, 6.45) is 0. The van der Waals surface area contributed by atoms with Crippen molar-refractivity contribution < 1.29 is 14.3 Å². The zero-order valence-electron chi connectivity index (χ0n) is 16.0. The fraction of sp³-hybridized carbons (Fsp3) is 0.190. The number of benzene rings is 2. The number of thiazole rings is 1. The van der Waals surface area contributed by atoms with E-state index in [2.05, 4.69) is 10.3 Å². The molecule has 3 aromatic rings. The topological polar surface area (TPSA) is 71.5 Å². The number of nitrogens with one attached hydrogen (secondary N) is 1. The van der Waals surface area contributed by atoms with E-state index in [1.807, 2.05) is 29.6 Å². The molecule has 1 aliphatic rings. The zero-order chi connectivity index (χ0) is 21.1. The highest BCUT2D eigenvalue weighted by molar-refractivity contribution is 7.99. The van der Waals surface area contributed by atoms with E-state index in [0.29, 0.717) is 38.8 Å². The Hall–Kier alpha value is -2.55. The Bertz CT molecular complexity index is 1070. The molecule has 9 heteroatoms. The van der Waals surface area contributed by atoms with Crippen LogP contribution >= 0.6 is 34.7 Å². The molecule has 1 aliphatic heterocycles. The van der Waals surface area contributed by atoms with Crippen LogP contribution in [0.1, 0.15) is 10.4 Å². The molecule has 6 nitrogen and oxygen atoms in total. The molecular formula is C21H18ClN3O3S2. The first-order valence-corrected chi connectivity index (χ1v) is 11.5. The fourth-order valence-electron chi connectivity index (χ4n) is 3.08. The van der Waals surface area contributed by atoms with E-state index in [0.717, 1.165) is 5.56 Å². The van der Waals surface area contributed by atoms with Crippen molar-refractivity contribution in [1.82, 2.24) is 9.88 Å². The van der Waals surface area contributed by atoms with E-state index in [1.165, 1.54) is 11.3 Å². The van der Waals surface area contributed by atoms with Crippen LogP contribution < -0.4 is 10.1 Å². The number of thioether (sulfide) groups is 1. The van der Waals surface area contributed by atoms with Crippen molar-refractivity contribution in [1.29, 1.82) is 0 Å². The summed E-state index contributed by atoms with van der Waals surface area (Å²) in [6, 6.07) is 13.9. The van der Waals surface area contributed by atoms with E-state index in [9.17, 15) is 9.59 Å². The van der Waals surface area contributed by atoms with Gasteiger partial charge in [-0.25, -0.2) is 4.98 Å². The van der Waals surface area contributed by atoms with E-state index in [4.69, 9.17) is 16.3 Å². The maximum atomic E-state index is 12.9. The Balaban J connectivity index is 1.46. The largest absolute Gasteiger partial charge is 0.495 e. The number of hydrogen-bond donors (Lipinski definition) is 1. The number of aromatic nitrogens is 1. The molecule has 1 atom stereocenters. The van der Waals surface area contributed by atoms with Crippen molar-refractivity contribution in [3.63, 3.8) is 0 Å². The van der Waals surface area contributed by atoms with Gasteiger partial charge in [0.05, 0.1) is 23.7 Å². The number of hydrogen-bond acceptors (Lipinski definition) is 6. The summed E-state index contributed by atoms with van der Waals surface area (Å²) >= 11 is 9.08. The predicted molar refractivity (Wildman–Crippen MR) is 121 cm³/mol. The number of anilines is 1. The first-order valence-electron chi connectivity index (χ1n) is 9.11. The highest BCUT2D eigenvalue weighted by atomic mass is 35.5. The second-order valence-corrected chi connectivity index (χ2v) is 8.80. The lowest BCUT2D eigenvalue weighted by molar-refractivity contribution is -0.119.